The molecule has 0 saturated carbocycles. The van der Waals surface area contributed by atoms with Crippen LogP contribution >= 0.6 is 0 Å². The fourth-order valence-corrected chi connectivity index (χ4v) is 2.33. The fraction of sp³-hybridized carbons (Fsp3) is 0.278. The van der Waals surface area contributed by atoms with Gasteiger partial charge < -0.3 is 10.0 Å². The average Bonchev–Trinajstić information content (AvgIpc) is 2.48. The van der Waals surface area contributed by atoms with Gasteiger partial charge in [-0.15, -0.1) is 0 Å². The molecule has 2 aromatic rings. The number of aryl methyl sites for hydroxylation is 1. The fourth-order valence-electron chi connectivity index (χ4n) is 2.33. The van der Waals surface area contributed by atoms with Gasteiger partial charge in [0, 0.05) is 24.3 Å². The summed E-state index contributed by atoms with van der Waals surface area (Å²) in [6.45, 7) is 4.30. The monoisotopic (exact) mass is 301 g/mol. The molecule has 0 amide bonds. The average molecular weight is 301 g/mol. The molecule has 0 radical (unpaired) electrons. The Balaban J connectivity index is 2.29. The van der Waals surface area contributed by atoms with E-state index < -0.39 is 11.9 Å². The number of benzene rings is 2. The maximum atomic E-state index is 13.9. The lowest BCUT2D eigenvalue weighted by Gasteiger charge is -2.27. The molecule has 0 aliphatic heterocycles. The molecular formula is C18H20FNO2. The van der Waals surface area contributed by atoms with Gasteiger partial charge in [0.2, 0.25) is 0 Å². The number of carboxylic acids is 1. The topological polar surface area (TPSA) is 40.5 Å². The highest BCUT2D eigenvalue weighted by Crippen LogP contribution is 2.21. The lowest BCUT2D eigenvalue weighted by molar-refractivity contribution is -0.140. The van der Waals surface area contributed by atoms with Gasteiger partial charge in [0.1, 0.15) is 5.82 Å². The van der Waals surface area contributed by atoms with Crippen molar-refractivity contribution in [3.8, 4) is 0 Å². The van der Waals surface area contributed by atoms with Crippen LogP contribution < -0.4 is 4.90 Å². The molecule has 0 aliphatic carbocycles. The Morgan fingerprint density at radius 1 is 1.23 bits per heavy atom. The van der Waals surface area contributed by atoms with Gasteiger partial charge in [-0.2, -0.15) is 0 Å². The summed E-state index contributed by atoms with van der Waals surface area (Å²) in [5, 5.41) is 9.15. The number of halogens is 1. The zero-order chi connectivity index (χ0) is 16.1. The van der Waals surface area contributed by atoms with Crippen LogP contribution in [0.5, 0.6) is 0 Å². The molecule has 3 nitrogen and oxygen atoms in total. The standard InChI is InChI=1S/C18H20FNO2/c1-13-6-5-8-16(10-13)20(11-14(2)18(21)22)12-15-7-3-4-9-17(15)19/h3-10,14H,11-12H2,1-2H3,(H,21,22). The van der Waals surface area contributed by atoms with E-state index in [2.05, 4.69) is 0 Å². The first kappa shape index (κ1) is 16.0. The number of hydrogen-bond donors (Lipinski definition) is 1. The van der Waals surface area contributed by atoms with Crippen molar-refractivity contribution in [3.63, 3.8) is 0 Å². The van der Waals surface area contributed by atoms with Crippen molar-refractivity contribution in [2.24, 2.45) is 5.92 Å². The molecule has 4 heteroatoms. The van der Waals surface area contributed by atoms with E-state index in [0.29, 0.717) is 18.7 Å². The van der Waals surface area contributed by atoms with Gasteiger partial charge in [0.15, 0.2) is 0 Å². The molecule has 0 saturated heterocycles. The summed E-state index contributed by atoms with van der Waals surface area (Å²) in [4.78, 5) is 13.1. The second kappa shape index (κ2) is 7.07. The molecule has 1 unspecified atom stereocenters. The highest BCUT2D eigenvalue weighted by Gasteiger charge is 2.18. The molecule has 0 bridgehead atoms. The van der Waals surface area contributed by atoms with Crippen molar-refractivity contribution in [1.82, 2.24) is 0 Å². The van der Waals surface area contributed by atoms with Gasteiger partial charge in [-0.05, 0) is 30.7 Å². The van der Waals surface area contributed by atoms with Crippen LogP contribution in [-0.2, 0) is 11.3 Å². The van der Waals surface area contributed by atoms with Crippen LogP contribution in [0.1, 0.15) is 18.1 Å². The van der Waals surface area contributed by atoms with Crippen molar-refractivity contribution in [1.29, 1.82) is 0 Å². The first-order chi connectivity index (χ1) is 10.5. The Bertz CT molecular complexity index is 657. The first-order valence-corrected chi connectivity index (χ1v) is 7.25. The summed E-state index contributed by atoms with van der Waals surface area (Å²) in [5.74, 6) is -1.67. The van der Waals surface area contributed by atoms with Crippen LogP contribution in [0.2, 0.25) is 0 Å². The van der Waals surface area contributed by atoms with Crippen molar-refractivity contribution in [2.45, 2.75) is 20.4 Å². The van der Waals surface area contributed by atoms with Gasteiger partial charge in [-0.3, -0.25) is 4.79 Å². The van der Waals surface area contributed by atoms with Crippen LogP contribution in [0.4, 0.5) is 10.1 Å². The molecule has 0 heterocycles. The van der Waals surface area contributed by atoms with E-state index in [1.807, 2.05) is 36.1 Å². The number of nitrogens with zero attached hydrogens (tertiary/aromatic N) is 1. The maximum Gasteiger partial charge on any atom is 0.308 e. The molecular weight excluding hydrogens is 281 g/mol. The Hall–Kier alpha value is -2.36. The summed E-state index contributed by atoms with van der Waals surface area (Å²) < 4.78 is 13.9. The lowest BCUT2D eigenvalue weighted by atomic mass is 10.1. The minimum Gasteiger partial charge on any atom is -0.481 e. The molecule has 2 rings (SSSR count). The number of aliphatic carboxylic acids is 1. The number of anilines is 1. The third-order valence-corrected chi connectivity index (χ3v) is 3.60. The Morgan fingerprint density at radius 3 is 2.59 bits per heavy atom. The first-order valence-electron chi connectivity index (χ1n) is 7.25. The maximum absolute atomic E-state index is 13.9. The van der Waals surface area contributed by atoms with Gasteiger partial charge in [0.25, 0.3) is 0 Å². The normalized spacial score (nSPS) is 12.0. The van der Waals surface area contributed by atoms with Crippen LogP contribution in [0.25, 0.3) is 0 Å². The van der Waals surface area contributed by atoms with Gasteiger partial charge in [-0.1, -0.05) is 37.3 Å². The van der Waals surface area contributed by atoms with Gasteiger partial charge >= 0.3 is 5.97 Å². The van der Waals surface area contributed by atoms with E-state index in [-0.39, 0.29) is 5.82 Å². The Morgan fingerprint density at radius 2 is 1.95 bits per heavy atom. The van der Waals surface area contributed by atoms with E-state index in [1.165, 1.54) is 6.07 Å². The summed E-state index contributed by atoms with van der Waals surface area (Å²) in [6.07, 6.45) is 0. The van der Waals surface area contributed by atoms with Gasteiger partial charge in [-0.25, -0.2) is 4.39 Å². The van der Waals surface area contributed by atoms with Crippen LogP contribution in [-0.4, -0.2) is 17.6 Å². The minimum absolute atomic E-state index is 0.275. The second-order valence-corrected chi connectivity index (χ2v) is 5.55. The van der Waals surface area contributed by atoms with Crippen LogP contribution in [0.3, 0.4) is 0 Å². The summed E-state index contributed by atoms with van der Waals surface area (Å²) in [5.41, 5.74) is 2.54. The summed E-state index contributed by atoms with van der Waals surface area (Å²) in [7, 11) is 0. The smallest absolute Gasteiger partial charge is 0.308 e. The Labute approximate surface area is 130 Å². The van der Waals surface area contributed by atoms with E-state index >= 15 is 0 Å². The van der Waals surface area contributed by atoms with Crippen molar-refractivity contribution >= 4 is 11.7 Å². The molecule has 1 N–H and O–H groups in total. The lowest BCUT2D eigenvalue weighted by Crippen LogP contribution is -2.31. The quantitative estimate of drug-likeness (QED) is 0.880. The van der Waals surface area contributed by atoms with E-state index in [0.717, 1.165) is 11.3 Å². The predicted octanol–water partition coefficient (Wildman–Crippen LogP) is 3.86. The summed E-state index contributed by atoms with van der Waals surface area (Å²) in [6, 6.07) is 14.4. The highest BCUT2D eigenvalue weighted by atomic mass is 19.1. The second-order valence-electron chi connectivity index (χ2n) is 5.55. The molecule has 0 aliphatic rings. The molecule has 0 spiro atoms. The minimum atomic E-state index is -0.855. The molecule has 2 aromatic carbocycles. The zero-order valence-electron chi connectivity index (χ0n) is 12.8. The molecule has 0 fully saturated rings. The van der Waals surface area contributed by atoms with Crippen molar-refractivity contribution in [2.75, 3.05) is 11.4 Å². The SMILES string of the molecule is Cc1cccc(N(Cc2ccccc2F)CC(C)C(=O)O)c1. The Kier molecular flexibility index (Phi) is 5.15. The third-order valence-electron chi connectivity index (χ3n) is 3.60. The number of carboxylic acid groups (broad SMARTS) is 1. The molecule has 1 atom stereocenters. The number of carbonyl (C=O) groups is 1. The highest BCUT2D eigenvalue weighted by molar-refractivity contribution is 5.70. The molecule has 116 valence electrons. The third kappa shape index (κ3) is 4.07. The van der Waals surface area contributed by atoms with Crippen molar-refractivity contribution in [3.05, 3.63) is 65.5 Å². The number of hydrogen-bond acceptors (Lipinski definition) is 2. The number of rotatable bonds is 6. The molecule has 22 heavy (non-hydrogen) atoms. The van der Waals surface area contributed by atoms with E-state index in [9.17, 15) is 9.18 Å². The predicted molar refractivity (Wildman–Crippen MR) is 85.4 cm³/mol. The van der Waals surface area contributed by atoms with E-state index in [1.54, 1.807) is 25.1 Å². The largest absolute Gasteiger partial charge is 0.481 e. The summed E-state index contributed by atoms with van der Waals surface area (Å²) >= 11 is 0. The van der Waals surface area contributed by atoms with Gasteiger partial charge in [0.05, 0.1) is 5.92 Å². The van der Waals surface area contributed by atoms with Crippen molar-refractivity contribution < 1.29 is 14.3 Å². The zero-order valence-corrected chi connectivity index (χ0v) is 12.8. The van der Waals surface area contributed by atoms with Crippen LogP contribution in [0, 0.1) is 18.7 Å². The molecule has 0 aromatic heterocycles. The van der Waals surface area contributed by atoms with Crippen LogP contribution in [0.15, 0.2) is 48.5 Å². The van der Waals surface area contributed by atoms with E-state index in [4.69, 9.17) is 5.11 Å².